The molecule has 0 heterocycles. The molecule has 0 bridgehead atoms. The number of alkyl halides is 4. The predicted molar refractivity (Wildman–Crippen MR) is 143 cm³/mol. The normalized spacial score (nSPS) is 12.7. The van der Waals surface area contributed by atoms with Gasteiger partial charge in [0.05, 0.1) is 40.7 Å². The highest BCUT2D eigenvalue weighted by Gasteiger charge is 2.53. The number of nitrogens with one attached hydrogen (secondary N) is 1. The van der Waals surface area contributed by atoms with Crippen LogP contribution in [0.3, 0.4) is 0 Å². The van der Waals surface area contributed by atoms with Crippen LogP contribution < -0.4 is 15.0 Å². The molecule has 12 heteroatoms. The zero-order chi connectivity index (χ0) is 29.1. The van der Waals surface area contributed by atoms with Crippen molar-refractivity contribution < 1.29 is 31.9 Å². The van der Waals surface area contributed by atoms with Gasteiger partial charge in [0, 0.05) is 22.1 Å². The van der Waals surface area contributed by atoms with E-state index in [1.165, 1.54) is 48.4 Å². The Morgan fingerprint density at radius 3 is 2.28 bits per heavy atom. The zero-order valence-corrected chi connectivity index (χ0v) is 23.1. The minimum atomic E-state index is -5.19. The lowest BCUT2D eigenvalue weighted by molar-refractivity contribution is -0.228. The number of hydrogen-bond acceptors (Lipinski definition) is 4. The molecule has 1 unspecified atom stereocenters. The van der Waals surface area contributed by atoms with Gasteiger partial charge in [0.2, 0.25) is 5.67 Å². The maximum Gasteiger partial charge on any atom is 0.426 e. The SMILES string of the molecule is CCN(C(=O)c1ccc(C#N)cc1)c1cccc(C(=O)Nc2c(Cl)cc(C(C)(F)C(F)(F)F)cc2Br)c1OC. The van der Waals surface area contributed by atoms with E-state index in [0.717, 1.165) is 12.1 Å². The van der Waals surface area contributed by atoms with Gasteiger partial charge in [-0.1, -0.05) is 17.7 Å². The third-order valence-corrected chi connectivity index (χ3v) is 6.83. The third kappa shape index (κ3) is 6.02. The number of para-hydroxylation sites is 1. The van der Waals surface area contributed by atoms with Crippen LogP contribution in [0.4, 0.5) is 28.9 Å². The van der Waals surface area contributed by atoms with Crippen molar-refractivity contribution in [1.29, 1.82) is 5.26 Å². The quantitative estimate of drug-likeness (QED) is 0.273. The van der Waals surface area contributed by atoms with Gasteiger partial charge in [-0.15, -0.1) is 0 Å². The van der Waals surface area contributed by atoms with Crippen LogP contribution in [0.2, 0.25) is 5.02 Å². The van der Waals surface area contributed by atoms with Crippen molar-refractivity contribution in [3.8, 4) is 11.8 Å². The molecule has 3 rings (SSSR count). The van der Waals surface area contributed by atoms with Gasteiger partial charge in [-0.2, -0.15) is 18.4 Å². The van der Waals surface area contributed by atoms with Gasteiger partial charge < -0.3 is 15.0 Å². The number of benzene rings is 3. The van der Waals surface area contributed by atoms with Crippen molar-refractivity contribution in [1.82, 2.24) is 0 Å². The van der Waals surface area contributed by atoms with Crippen LogP contribution in [0.1, 0.15) is 45.7 Å². The number of carbonyl (C=O) groups excluding carboxylic acids is 2. The van der Waals surface area contributed by atoms with Crippen molar-refractivity contribution in [2.75, 3.05) is 23.9 Å². The highest BCUT2D eigenvalue weighted by molar-refractivity contribution is 9.10. The zero-order valence-electron chi connectivity index (χ0n) is 20.8. The molecule has 39 heavy (non-hydrogen) atoms. The van der Waals surface area contributed by atoms with Crippen LogP contribution in [0.5, 0.6) is 5.75 Å². The first kappa shape index (κ1) is 29.9. The summed E-state index contributed by atoms with van der Waals surface area (Å²) in [5.41, 5.74) is -3.54. The molecule has 0 aromatic heterocycles. The number of halogens is 6. The lowest BCUT2D eigenvalue weighted by atomic mass is 9.97. The lowest BCUT2D eigenvalue weighted by Crippen LogP contribution is -2.35. The van der Waals surface area contributed by atoms with Crippen molar-refractivity contribution in [3.63, 3.8) is 0 Å². The minimum absolute atomic E-state index is 0.00116. The first-order valence-electron chi connectivity index (χ1n) is 11.3. The second-order valence-corrected chi connectivity index (χ2v) is 9.63. The maximum absolute atomic E-state index is 14.5. The number of ether oxygens (including phenoxy) is 1. The molecular weight excluding hydrogens is 606 g/mol. The average molecular weight is 627 g/mol. The molecule has 0 aliphatic heterocycles. The molecule has 0 saturated heterocycles. The average Bonchev–Trinajstić information content (AvgIpc) is 2.90. The number of rotatable bonds is 7. The van der Waals surface area contributed by atoms with Crippen LogP contribution in [-0.2, 0) is 5.67 Å². The second kappa shape index (κ2) is 11.6. The van der Waals surface area contributed by atoms with E-state index in [-0.39, 0.29) is 38.7 Å². The summed E-state index contributed by atoms with van der Waals surface area (Å²) in [6.45, 7) is 2.31. The van der Waals surface area contributed by atoms with Gasteiger partial charge in [-0.05, 0) is 78.3 Å². The summed E-state index contributed by atoms with van der Waals surface area (Å²) in [4.78, 5) is 27.9. The van der Waals surface area contributed by atoms with Crippen LogP contribution in [-0.4, -0.2) is 31.6 Å². The van der Waals surface area contributed by atoms with Gasteiger partial charge in [0.1, 0.15) is 0 Å². The van der Waals surface area contributed by atoms with Gasteiger partial charge in [-0.3, -0.25) is 9.59 Å². The summed E-state index contributed by atoms with van der Waals surface area (Å²) in [6.07, 6.45) is -5.19. The van der Waals surface area contributed by atoms with Crippen molar-refractivity contribution in [3.05, 3.63) is 86.3 Å². The third-order valence-electron chi connectivity index (χ3n) is 5.91. The number of nitriles is 1. The first-order valence-corrected chi connectivity index (χ1v) is 12.5. The molecule has 0 aliphatic rings. The molecule has 204 valence electrons. The molecule has 6 nitrogen and oxygen atoms in total. The fourth-order valence-electron chi connectivity index (χ4n) is 3.71. The van der Waals surface area contributed by atoms with Crippen molar-refractivity contribution >= 4 is 50.7 Å². The first-order chi connectivity index (χ1) is 18.3. The Bertz CT molecular complexity index is 1430. The number of amides is 2. The molecule has 1 N–H and O–H groups in total. The largest absolute Gasteiger partial charge is 0.494 e. The Morgan fingerprint density at radius 2 is 1.77 bits per heavy atom. The predicted octanol–water partition coefficient (Wildman–Crippen LogP) is 7.65. The Hall–Kier alpha value is -3.62. The molecule has 1 atom stereocenters. The topological polar surface area (TPSA) is 82.4 Å². The second-order valence-electron chi connectivity index (χ2n) is 8.37. The maximum atomic E-state index is 14.5. The molecule has 0 aliphatic carbocycles. The van der Waals surface area contributed by atoms with Crippen LogP contribution in [0.15, 0.2) is 59.1 Å². The molecule has 0 spiro atoms. The summed E-state index contributed by atoms with van der Waals surface area (Å²) in [7, 11) is 1.31. The van der Waals surface area contributed by atoms with Crippen LogP contribution >= 0.6 is 27.5 Å². The summed E-state index contributed by atoms with van der Waals surface area (Å²) in [6, 6.07) is 14.2. The van der Waals surface area contributed by atoms with Crippen LogP contribution in [0, 0.1) is 11.3 Å². The number of anilines is 2. The summed E-state index contributed by atoms with van der Waals surface area (Å²) in [5, 5.41) is 11.2. The lowest BCUT2D eigenvalue weighted by Gasteiger charge is -2.25. The molecule has 0 saturated carbocycles. The Balaban J connectivity index is 1.98. The number of methoxy groups -OCH3 is 1. The molecule has 0 radical (unpaired) electrons. The van der Waals surface area contributed by atoms with E-state index in [1.54, 1.807) is 13.0 Å². The van der Waals surface area contributed by atoms with E-state index < -0.39 is 29.2 Å². The van der Waals surface area contributed by atoms with E-state index in [0.29, 0.717) is 18.1 Å². The summed E-state index contributed by atoms with van der Waals surface area (Å²) >= 11 is 9.21. The highest BCUT2D eigenvalue weighted by atomic mass is 79.9. The number of hydrogen-bond donors (Lipinski definition) is 1. The Kier molecular flexibility index (Phi) is 8.93. The van der Waals surface area contributed by atoms with E-state index in [4.69, 9.17) is 21.6 Å². The van der Waals surface area contributed by atoms with Gasteiger partial charge >= 0.3 is 6.18 Å². The fraction of sp³-hybridized carbons (Fsp3) is 0.222. The Labute approximate surface area is 235 Å². The number of nitrogens with zero attached hydrogens (tertiary/aromatic N) is 2. The highest BCUT2D eigenvalue weighted by Crippen LogP contribution is 2.45. The fourth-order valence-corrected chi connectivity index (χ4v) is 4.65. The molecule has 2 amide bonds. The van der Waals surface area contributed by atoms with E-state index in [9.17, 15) is 27.2 Å². The monoisotopic (exact) mass is 625 g/mol. The van der Waals surface area contributed by atoms with Gasteiger partial charge in [0.25, 0.3) is 11.8 Å². The van der Waals surface area contributed by atoms with E-state index >= 15 is 0 Å². The van der Waals surface area contributed by atoms with Gasteiger partial charge in [0.15, 0.2) is 5.75 Å². The number of carbonyl (C=O) groups is 2. The minimum Gasteiger partial charge on any atom is -0.494 e. The molecular formula is C27H21BrClF4N3O3. The summed E-state index contributed by atoms with van der Waals surface area (Å²) < 4.78 is 59.4. The molecule has 0 fully saturated rings. The molecule has 3 aromatic rings. The molecule has 3 aromatic carbocycles. The van der Waals surface area contributed by atoms with Crippen LogP contribution in [0.25, 0.3) is 0 Å². The standard InChI is InChI=1S/C27H21BrClF4N3O3/c1-4-36(25(38)16-10-8-15(14-34)9-11-16)21-7-5-6-18(23(21)39-3)24(37)35-22-19(28)12-17(13-20(22)29)26(2,30)27(31,32)33/h5-13H,4H2,1-3H3,(H,35,37). The summed E-state index contributed by atoms with van der Waals surface area (Å²) in [5.74, 6) is -1.10. The van der Waals surface area contributed by atoms with Gasteiger partial charge in [-0.25, -0.2) is 4.39 Å². The van der Waals surface area contributed by atoms with E-state index in [2.05, 4.69) is 21.2 Å². The Morgan fingerprint density at radius 1 is 1.13 bits per heavy atom. The van der Waals surface area contributed by atoms with Crippen molar-refractivity contribution in [2.45, 2.75) is 25.7 Å². The van der Waals surface area contributed by atoms with Crippen molar-refractivity contribution in [2.24, 2.45) is 0 Å². The van der Waals surface area contributed by atoms with E-state index in [1.807, 2.05) is 6.07 Å². The smallest absolute Gasteiger partial charge is 0.426 e.